The van der Waals surface area contributed by atoms with Gasteiger partial charge in [0.2, 0.25) is 10.0 Å². The van der Waals surface area contributed by atoms with E-state index >= 15 is 0 Å². The van der Waals surface area contributed by atoms with Crippen LogP contribution in [0.5, 0.6) is 0 Å². The second-order valence-corrected chi connectivity index (χ2v) is 7.27. The van der Waals surface area contributed by atoms with E-state index in [2.05, 4.69) is 11.6 Å². The minimum atomic E-state index is -3.45. The van der Waals surface area contributed by atoms with Crippen molar-refractivity contribution in [2.45, 2.75) is 49.4 Å². The van der Waals surface area contributed by atoms with Crippen LogP contribution in [-0.2, 0) is 15.9 Å². The third-order valence-corrected chi connectivity index (χ3v) is 5.65. The maximum atomic E-state index is 12.4. The molecule has 19 heavy (non-hydrogen) atoms. The Morgan fingerprint density at radius 3 is 2.47 bits per heavy atom. The Hall–Kier alpha value is -0.580. The molecule has 1 N–H and O–H groups in total. The van der Waals surface area contributed by atoms with Crippen molar-refractivity contribution >= 4 is 21.6 Å². The van der Waals surface area contributed by atoms with E-state index in [0.29, 0.717) is 16.4 Å². The van der Waals surface area contributed by atoms with Gasteiger partial charge in [-0.1, -0.05) is 25.1 Å². The van der Waals surface area contributed by atoms with Crippen LogP contribution < -0.4 is 4.72 Å². The first-order valence-corrected chi connectivity index (χ1v) is 8.71. The molecular weight excluding hydrogens is 282 g/mol. The standard InChI is InChI=1S/C14H20ClNO2S/c1-11-6-8-13(9-7-11)16-19(17,18)14-5-3-2-4-12(14)10-15/h2-5,11,13,16H,6-10H2,1H3. The lowest BCUT2D eigenvalue weighted by atomic mass is 9.88. The van der Waals surface area contributed by atoms with Gasteiger partial charge in [0, 0.05) is 11.9 Å². The molecular formula is C14H20ClNO2S. The predicted octanol–water partition coefficient (Wildman–Crippen LogP) is 3.28. The molecule has 0 radical (unpaired) electrons. The molecule has 1 aromatic rings. The largest absolute Gasteiger partial charge is 0.241 e. The Morgan fingerprint density at radius 1 is 1.21 bits per heavy atom. The summed E-state index contributed by atoms with van der Waals surface area (Å²) in [6.45, 7) is 2.22. The molecule has 5 heteroatoms. The highest BCUT2D eigenvalue weighted by molar-refractivity contribution is 7.89. The zero-order valence-corrected chi connectivity index (χ0v) is 12.7. The molecule has 0 atom stereocenters. The summed E-state index contributed by atoms with van der Waals surface area (Å²) in [6.07, 6.45) is 4.02. The fraction of sp³-hybridized carbons (Fsp3) is 0.571. The summed E-state index contributed by atoms with van der Waals surface area (Å²) in [4.78, 5) is 0.309. The van der Waals surface area contributed by atoms with Gasteiger partial charge in [-0.15, -0.1) is 11.6 Å². The molecule has 2 rings (SSSR count). The van der Waals surface area contributed by atoms with Crippen molar-refractivity contribution in [3.05, 3.63) is 29.8 Å². The van der Waals surface area contributed by atoms with Gasteiger partial charge < -0.3 is 0 Å². The number of alkyl halides is 1. The summed E-state index contributed by atoms with van der Waals surface area (Å²) in [5.41, 5.74) is 0.654. The van der Waals surface area contributed by atoms with Crippen molar-refractivity contribution in [2.24, 2.45) is 5.92 Å². The molecule has 1 aromatic carbocycles. The van der Waals surface area contributed by atoms with Crippen LogP contribution in [0, 0.1) is 5.92 Å². The highest BCUT2D eigenvalue weighted by atomic mass is 35.5. The first-order valence-electron chi connectivity index (χ1n) is 6.69. The van der Waals surface area contributed by atoms with Gasteiger partial charge in [-0.2, -0.15) is 0 Å². The highest BCUT2D eigenvalue weighted by Crippen LogP contribution is 2.25. The summed E-state index contributed by atoms with van der Waals surface area (Å²) in [7, 11) is -3.45. The van der Waals surface area contributed by atoms with Crippen LogP contribution in [0.25, 0.3) is 0 Å². The molecule has 0 saturated heterocycles. The van der Waals surface area contributed by atoms with Crippen molar-refractivity contribution in [3.63, 3.8) is 0 Å². The Balaban J connectivity index is 2.14. The molecule has 0 spiro atoms. The quantitative estimate of drug-likeness (QED) is 0.868. The van der Waals surface area contributed by atoms with Gasteiger partial charge in [0.05, 0.1) is 4.90 Å². The third-order valence-electron chi connectivity index (χ3n) is 3.74. The Labute approximate surface area is 120 Å². The topological polar surface area (TPSA) is 46.2 Å². The molecule has 1 saturated carbocycles. The summed E-state index contributed by atoms with van der Waals surface area (Å²) in [5, 5.41) is 0. The number of sulfonamides is 1. The smallest absolute Gasteiger partial charge is 0.208 e. The number of nitrogens with one attached hydrogen (secondary N) is 1. The van der Waals surface area contributed by atoms with E-state index in [1.54, 1.807) is 24.3 Å². The summed E-state index contributed by atoms with van der Waals surface area (Å²) in [5.74, 6) is 0.912. The van der Waals surface area contributed by atoms with Gasteiger partial charge in [-0.3, -0.25) is 0 Å². The SMILES string of the molecule is CC1CCC(NS(=O)(=O)c2ccccc2CCl)CC1. The second kappa shape index (κ2) is 6.25. The minimum absolute atomic E-state index is 0.0598. The molecule has 106 valence electrons. The van der Waals surface area contributed by atoms with Crippen LogP contribution >= 0.6 is 11.6 Å². The Kier molecular flexibility index (Phi) is 4.87. The van der Waals surface area contributed by atoms with E-state index in [-0.39, 0.29) is 11.9 Å². The van der Waals surface area contributed by atoms with Crippen molar-refractivity contribution in [3.8, 4) is 0 Å². The fourth-order valence-electron chi connectivity index (χ4n) is 2.54. The molecule has 1 aliphatic carbocycles. The van der Waals surface area contributed by atoms with Gasteiger partial charge in [-0.25, -0.2) is 13.1 Å². The summed E-state index contributed by atoms with van der Waals surface area (Å²) in [6, 6.07) is 6.97. The number of benzene rings is 1. The first-order chi connectivity index (χ1) is 9.03. The van der Waals surface area contributed by atoms with Crippen LogP contribution in [0.4, 0.5) is 0 Å². The Bertz CT molecular complexity index is 522. The van der Waals surface area contributed by atoms with E-state index < -0.39 is 10.0 Å². The van der Waals surface area contributed by atoms with Gasteiger partial charge in [0.1, 0.15) is 0 Å². The number of rotatable bonds is 4. The molecule has 0 unspecified atom stereocenters. The summed E-state index contributed by atoms with van der Waals surface area (Å²) >= 11 is 5.81. The molecule has 0 heterocycles. The first kappa shape index (κ1) is 14.8. The minimum Gasteiger partial charge on any atom is -0.208 e. The van der Waals surface area contributed by atoms with Crippen LogP contribution in [0.15, 0.2) is 29.2 Å². The predicted molar refractivity (Wildman–Crippen MR) is 77.7 cm³/mol. The van der Waals surface area contributed by atoms with Gasteiger partial charge >= 0.3 is 0 Å². The van der Waals surface area contributed by atoms with Gasteiger partial charge in [0.25, 0.3) is 0 Å². The fourth-order valence-corrected chi connectivity index (χ4v) is 4.39. The summed E-state index contributed by atoms with van der Waals surface area (Å²) < 4.78 is 27.6. The zero-order chi connectivity index (χ0) is 13.9. The molecule has 1 fully saturated rings. The van der Waals surface area contributed by atoms with E-state index in [0.717, 1.165) is 25.7 Å². The molecule has 0 amide bonds. The van der Waals surface area contributed by atoms with Crippen LogP contribution in [0.2, 0.25) is 0 Å². The zero-order valence-electron chi connectivity index (χ0n) is 11.1. The normalized spacial score (nSPS) is 24.3. The molecule has 3 nitrogen and oxygen atoms in total. The lowest BCUT2D eigenvalue weighted by Crippen LogP contribution is -2.37. The average Bonchev–Trinajstić information content (AvgIpc) is 2.41. The monoisotopic (exact) mass is 301 g/mol. The Morgan fingerprint density at radius 2 is 1.84 bits per heavy atom. The van der Waals surface area contributed by atoms with Crippen molar-refractivity contribution < 1.29 is 8.42 Å². The highest BCUT2D eigenvalue weighted by Gasteiger charge is 2.25. The maximum Gasteiger partial charge on any atom is 0.241 e. The second-order valence-electron chi connectivity index (χ2n) is 5.32. The third kappa shape index (κ3) is 3.71. The van der Waals surface area contributed by atoms with E-state index in [9.17, 15) is 8.42 Å². The number of hydrogen-bond donors (Lipinski definition) is 1. The van der Waals surface area contributed by atoms with E-state index in [1.807, 2.05) is 0 Å². The lowest BCUT2D eigenvalue weighted by molar-refractivity contribution is 0.332. The molecule has 1 aliphatic rings. The van der Waals surface area contributed by atoms with Crippen molar-refractivity contribution in [1.82, 2.24) is 4.72 Å². The molecule has 0 bridgehead atoms. The van der Waals surface area contributed by atoms with Gasteiger partial charge in [0.15, 0.2) is 0 Å². The molecule has 0 aromatic heterocycles. The van der Waals surface area contributed by atoms with Crippen LogP contribution in [0.1, 0.15) is 38.2 Å². The number of halogens is 1. The number of hydrogen-bond acceptors (Lipinski definition) is 2. The molecule has 0 aliphatic heterocycles. The lowest BCUT2D eigenvalue weighted by Gasteiger charge is -2.27. The average molecular weight is 302 g/mol. The van der Waals surface area contributed by atoms with E-state index in [1.165, 1.54) is 0 Å². The van der Waals surface area contributed by atoms with Crippen molar-refractivity contribution in [2.75, 3.05) is 0 Å². The maximum absolute atomic E-state index is 12.4. The van der Waals surface area contributed by atoms with Crippen LogP contribution in [-0.4, -0.2) is 14.5 Å². The van der Waals surface area contributed by atoms with E-state index in [4.69, 9.17) is 11.6 Å². The van der Waals surface area contributed by atoms with Crippen LogP contribution in [0.3, 0.4) is 0 Å². The van der Waals surface area contributed by atoms with Crippen molar-refractivity contribution in [1.29, 1.82) is 0 Å². The van der Waals surface area contributed by atoms with Gasteiger partial charge in [-0.05, 0) is 43.2 Å².